The Morgan fingerprint density at radius 1 is 1.32 bits per heavy atom. The van der Waals surface area contributed by atoms with Crippen LogP contribution >= 0.6 is 11.6 Å². The van der Waals surface area contributed by atoms with E-state index in [9.17, 15) is 4.79 Å². The van der Waals surface area contributed by atoms with Gasteiger partial charge in [0.25, 0.3) is 0 Å². The minimum atomic E-state index is -0.117. The van der Waals surface area contributed by atoms with E-state index in [0.29, 0.717) is 24.1 Å². The van der Waals surface area contributed by atoms with Gasteiger partial charge in [-0.3, -0.25) is 0 Å². The molecule has 0 fully saturated rings. The summed E-state index contributed by atoms with van der Waals surface area (Å²) in [6.07, 6.45) is 0.728. The number of rotatable bonds is 5. The number of carbonyl (C=O) groups is 1. The van der Waals surface area contributed by atoms with Crippen molar-refractivity contribution in [2.75, 3.05) is 32.5 Å². The van der Waals surface area contributed by atoms with Crippen LogP contribution in [-0.4, -0.2) is 48.1 Å². The van der Waals surface area contributed by atoms with E-state index in [1.807, 2.05) is 13.8 Å². The quantitative estimate of drug-likeness (QED) is 0.638. The molecule has 7 heteroatoms. The highest BCUT2D eigenvalue weighted by Gasteiger charge is 2.08. The molecule has 1 heterocycles. The maximum Gasteiger partial charge on any atom is 0.316 e. The van der Waals surface area contributed by atoms with Gasteiger partial charge in [0.05, 0.1) is 0 Å². The fourth-order valence-corrected chi connectivity index (χ4v) is 1.56. The summed E-state index contributed by atoms with van der Waals surface area (Å²) in [5, 5.41) is 6.38. The zero-order chi connectivity index (χ0) is 14.4. The fraction of sp³-hybridized carbons (Fsp3) is 0.583. The summed E-state index contributed by atoms with van der Waals surface area (Å²) in [5.41, 5.74) is 0.817. The molecule has 0 spiro atoms. The Morgan fingerprint density at radius 3 is 2.58 bits per heavy atom. The SMILES string of the molecule is CCc1nc(Cl)c(C)c(NCCNC(=O)N(C)C)n1. The second-order valence-electron chi connectivity index (χ2n) is 4.31. The molecule has 1 aromatic heterocycles. The van der Waals surface area contributed by atoms with Crippen molar-refractivity contribution < 1.29 is 4.79 Å². The summed E-state index contributed by atoms with van der Waals surface area (Å²) in [4.78, 5) is 21.3. The average Bonchev–Trinajstić information content (AvgIpc) is 2.38. The number of urea groups is 1. The monoisotopic (exact) mass is 285 g/mol. The third-order valence-corrected chi connectivity index (χ3v) is 2.92. The second-order valence-corrected chi connectivity index (χ2v) is 4.67. The third-order valence-electron chi connectivity index (χ3n) is 2.55. The van der Waals surface area contributed by atoms with Gasteiger partial charge in [-0.15, -0.1) is 0 Å². The van der Waals surface area contributed by atoms with Crippen LogP contribution in [0, 0.1) is 6.92 Å². The van der Waals surface area contributed by atoms with Crippen LogP contribution in [0.2, 0.25) is 5.15 Å². The lowest BCUT2D eigenvalue weighted by Gasteiger charge is -2.13. The highest BCUT2D eigenvalue weighted by atomic mass is 35.5. The lowest BCUT2D eigenvalue weighted by atomic mass is 10.3. The summed E-state index contributed by atoms with van der Waals surface area (Å²) in [6.45, 7) is 4.93. The Morgan fingerprint density at radius 2 is 2.00 bits per heavy atom. The minimum Gasteiger partial charge on any atom is -0.368 e. The molecule has 0 radical (unpaired) electrons. The van der Waals surface area contributed by atoms with Crippen molar-refractivity contribution in [3.05, 3.63) is 16.5 Å². The molecule has 0 aromatic carbocycles. The van der Waals surface area contributed by atoms with E-state index in [1.54, 1.807) is 14.1 Å². The summed E-state index contributed by atoms with van der Waals surface area (Å²) in [7, 11) is 3.40. The second kappa shape index (κ2) is 7.13. The molecule has 0 unspecified atom stereocenters. The number of nitrogens with zero attached hydrogens (tertiary/aromatic N) is 3. The largest absolute Gasteiger partial charge is 0.368 e. The zero-order valence-corrected chi connectivity index (χ0v) is 12.5. The number of nitrogens with one attached hydrogen (secondary N) is 2. The maximum absolute atomic E-state index is 11.3. The molecule has 2 amide bonds. The van der Waals surface area contributed by atoms with E-state index in [2.05, 4.69) is 20.6 Å². The van der Waals surface area contributed by atoms with E-state index >= 15 is 0 Å². The van der Waals surface area contributed by atoms with Crippen molar-refractivity contribution in [2.45, 2.75) is 20.3 Å². The molecule has 19 heavy (non-hydrogen) atoms. The van der Waals surface area contributed by atoms with Crippen LogP contribution in [0.25, 0.3) is 0 Å². The van der Waals surface area contributed by atoms with Gasteiger partial charge in [-0.05, 0) is 6.92 Å². The number of hydrogen-bond acceptors (Lipinski definition) is 4. The Hall–Kier alpha value is -1.56. The van der Waals surface area contributed by atoms with Gasteiger partial charge in [0, 0.05) is 39.2 Å². The number of carbonyl (C=O) groups excluding carboxylic acids is 1. The lowest BCUT2D eigenvalue weighted by molar-refractivity contribution is 0.218. The van der Waals surface area contributed by atoms with Crippen molar-refractivity contribution in [3.63, 3.8) is 0 Å². The van der Waals surface area contributed by atoms with Gasteiger partial charge < -0.3 is 15.5 Å². The first-order chi connectivity index (χ1) is 8.95. The lowest BCUT2D eigenvalue weighted by Crippen LogP contribution is -2.37. The smallest absolute Gasteiger partial charge is 0.316 e. The van der Waals surface area contributed by atoms with Gasteiger partial charge in [0.15, 0.2) is 0 Å². The Balaban J connectivity index is 2.53. The van der Waals surface area contributed by atoms with Gasteiger partial charge in [-0.25, -0.2) is 14.8 Å². The maximum atomic E-state index is 11.3. The number of halogens is 1. The molecule has 0 bridgehead atoms. The molecule has 0 saturated heterocycles. The van der Waals surface area contributed by atoms with Crippen molar-refractivity contribution in [1.82, 2.24) is 20.2 Å². The number of aryl methyl sites for hydroxylation is 1. The molecule has 1 rings (SSSR count). The highest BCUT2D eigenvalue weighted by Crippen LogP contribution is 2.19. The van der Waals surface area contributed by atoms with Crippen molar-refractivity contribution in [3.8, 4) is 0 Å². The van der Waals surface area contributed by atoms with Gasteiger partial charge in [-0.1, -0.05) is 18.5 Å². The van der Waals surface area contributed by atoms with Crippen LogP contribution < -0.4 is 10.6 Å². The summed E-state index contributed by atoms with van der Waals surface area (Å²) < 4.78 is 0. The Labute approximate surface area is 118 Å². The molecule has 2 N–H and O–H groups in total. The van der Waals surface area contributed by atoms with E-state index in [0.717, 1.165) is 17.8 Å². The van der Waals surface area contributed by atoms with Gasteiger partial charge >= 0.3 is 6.03 Å². The van der Waals surface area contributed by atoms with Crippen molar-refractivity contribution >= 4 is 23.4 Å². The molecule has 6 nitrogen and oxygen atoms in total. The summed E-state index contributed by atoms with van der Waals surface area (Å²) >= 11 is 6.04. The molecule has 1 aromatic rings. The van der Waals surface area contributed by atoms with E-state index in [4.69, 9.17) is 11.6 Å². The molecule has 0 aliphatic rings. The number of anilines is 1. The van der Waals surface area contributed by atoms with Crippen LogP contribution in [-0.2, 0) is 6.42 Å². The molecule has 106 valence electrons. The number of hydrogen-bond donors (Lipinski definition) is 2. The molecule has 0 aliphatic heterocycles. The first-order valence-electron chi connectivity index (χ1n) is 6.17. The molecule has 0 atom stereocenters. The fourth-order valence-electron chi connectivity index (χ4n) is 1.37. The van der Waals surface area contributed by atoms with Crippen molar-refractivity contribution in [2.24, 2.45) is 0 Å². The van der Waals surface area contributed by atoms with E-state index in [-0.39, 0.29) is 6.03 Å². The first-order valence-corrected chi connectivity index (χ1v) is 6.55. The Kier molecular flexibility index (Phi) is 5.82. The van der Waals surface area contributed by atoms with Crippen LogP contribution in [0.15, 0.2) is 0 Å². The highest BCUT2D eigenvalue weighted by molar-refractivity contribution is 6.30. The molecular formula is C12H20ClN5O. The third kappa shape index (κ3) is 4.55. The Bertz CT molecular complexity index is 450. The van der Waals surface area contributed by atoms with Crippen molar-refractivity contribution in [1.29, 1.82) is 0 Å². The van der Waals surface area contributed by atoms with Gasteiger partial charge in [0.2, 0.25) is 0 Å². The van der Waals surface area contributed by atoms with Gasteiger partial charge in [0.1, 0.15) is 16.8 Å². The normalized spacial score (nSPS) is 10.2. The minimum absolute atomic E-state index is 0.117. The average molecular weight is 286 g/mol. The van der Waals surface area contributed by atoms with E-state index in [1.165, 1.54) is 4.90 Å². The number of aromatic nitrogens is 2. The predicted octanol–water partition coefficient (Wildman–Crippen LogP) is 1.68. The van der Waals surface area contributed by atoms with Crippen LogP contribution in [0.3, 0.4) is 0 Å². The summed E-state index contributed by atoms with van der Waals surface area (Å²) in [5.74, 6) is 1.42. The van der Waals surface area contributed by atoms with Crippen LogP contribution in [0.5, 0.6) is 0 Å². The standard InChI is InChI=1S/C12H20ClN5O/c1-5-9-16-10(13)8(2)11(17-9)14-6-7-15-12(19)18(3)4/h5-7H2,1-4H3,(H,15,19)(H,14,16,17). The van der Waals surface area contributed by atoms with Crippen LogP contribution in [0.4, 0.5) is 10.6 Å². The topological polar surface area (TPSA) is 70.2 Å². The van der Waals surface area contributed by atoms with Crippen LogP contribution in [0.1, 0.15) is 18.3 Å². The number of amides is 2. The summed E-state index contributed by atoms with van der Waals surface area (Å²) in [6, 6.07) is -0.117. The zero-order valence-electron chi connectivity index (χ0n) is 11.7. The first kappa shape index (κ1) is 15.5. The molecular weight excluding hydrogens is 266 g/mol. The van der Waals surface area contributed by atoms with E-state index < -0.39 is 0 Å². The molecule has 0 aliphatic carbocycles. The van der Waals surface area contributed by atoms with Gasteiger partial charge in [-0.2, -0.15) is 0 Å². The molecule has 0 saturated carbocycles. The predicted molar refractivity (Wildman–Crippen MR) is 76.7 cm³/mol.